The number of carbonyl (C=O) groups excluding carboxylic acids is 4. The molecule has 1 aromatic carbocycles. The monoisotopic (exact) mass is 487 g/mol. The van der Waals surface area contributed by atoms with Crippen molar-refractivity contribution in [2.24, 2.45) is 0 Å². The van der Waals surface area contributed by atoms with Gasteiger partial charge in [0.05, 0.1) is 7.11 Å². The van der Waals surface area contributed by atoms with Gasteiger partial charge < -0.3 is 25.0 Å². The van der Waals surface area contributed by atoms with Crippen molar-refractivity contribution in [2.75, 3.05) is 13.7 Å². The molecule has 3 amide bonds. The molecule has 9 heteroatoms. The van der Waals surface area contributed by atoms with E-state index in [4.69, 9.17) is 11.2 Å². The number of carbonyl (C=O) groups is 4. The standard InChI is InChI=1S/C26H37N3O6/c1-10-18-14-12-13-15-19(18)21(22(31)27-16-20(30)34-9)29(26(7,8)11-2)23(32)17(3)28-24(33)35-25(4,5)6/h1,12-15,17,21H,11,16H2,2-9H3,(H,27,31)(H,28,33). The molecule has 0 saturated heterocycles. The molecule has 35 heavy (non-hydrogen) atoms. The van der Waals surface area contributed by atoms with E-state index in [1.165, 1.54) is 18.9 Å². The smallest absolute Gasteiger partial charge is 0.408 e. The molecule has 0 spiro atoms. The van der Waals surface area contributed by atoms with Gasteiger partial charge in [0.15, 0.2) is 0 Å². The van der Waals surface area contributed by atoms with Gasteiger partial charge in [0.2, 0.25) is 11.8 Å². The Hall–Kier alpha value is -3.54. The van der Waals surface area contributed by atoms with Gasteiger partial charge in [-0.25, -0.2) is 4.79 Å². The maximum atomic E-state index is 13.8. The number of alkyl carbamates (subject to hydrolysis) is 1. The Morgan fingerprint density at radius 2 is 1.71 bits per heavy atom. The number of hydrogen-bond donors (Lipinski definition) is 2. The lowest BCUT2D eigenvalue weighted by molar-refractivity contribution is -0.149. The topological polar surface area (TPSA) is 114 Å². The fourth-order valence-corrected chi connectivity index (χ4v) is 3.29. The van der Waals surface area contributed by atoms with Crippen molar-refractivity contribution >= 4 is 23.9 Å². The highest BCUT2D eigenvalue weighted by molar-refractivity contribution is 5.93. The molecule has 0 aliphatic rings. The van der Waals surface area contributed by atoms with Crippen LogP contribution in [0.25, 0.3) is 0 Å². The summed E-state index contributed by atoms with van der Waals surface area (Å²) in [7, 11) is 1.21. The average molecular weight is 488 g/mol. The van der Waals surface area contributed by atoms with Crippen LogP contribution in [0.2, 0.25) is 0 Å². The fraction of sp³-hybridized carbons (Fsp3) is 0.538. The lowest BCUT2D eigenvalue weighted by Gasteiger charge is -2.44. The zero-order valence-electron chi connectivity index (χ0n) is 21.9. The Labute approximate surface area is 207 Å². The van der Waals surface area contributed by atoms with E-state index in [9.17, 15) is 19.2 Å². The fourth-order valence-electron chi connectivity index (χ4n) is 3.29. The van der Waals surface area contributed by atoms with Crippen LogP contribution >= 0.6 is 0 Å². The highest BCUT2D eigenvalue weighted by Gasteiger charge is 2.42. The third-order valence-electron chi connectivity index (χ3n) is 5.41. The molecular weight excluding hydrogens is 450 g/mol. The van der Waals surface area contributed by atoms with Crippen LogP contribution in [0.3, 0.4) is 0 Å². The number of esters is 1. The average Bonchev–Trinajstić information content (AvgIpc) is 2.78. The number of hydrogen-bond acceptors (Lipinski definition) is 6. The number of nitrogens with one attached hydrogen (secondary N) is 2. The summed E-state index contributed by atoms with van der Waals surface area (Å²) in [4.78, 5) is 52.7. The molecule has 192 valence electrons. The molecule has 9 nitrogen and oxygen atoms in total. The summed E-state index contributed by atoms with van der Waals surface area (Å²) < 4.78 is 9.90. The lowest BCUT2D eigenvalue weighted by Crippen LogP contribution is -2.59. The van der Waals surface area contributed by atoms with E-state index in [0.29, 0.717) is 17.5 Å². The summed E-state index contributed by atoms with van der Waals surface area (Å²) >= 11 is 0. The first-order valence-electron chi connectivity index (χ1n) is 11.4. The summed E-state index contributed by atoms with van der Waals surface area (Å²) in [5.41, 5.74) is -0.757. The Morgan fingerprint density at radius 1 is 1.11 bits per heavy atom. The van der Waals surface area contributed by atoms with Gasteiger partial charge in [-0.3, -0.25) is 14.4 Å². The van der Waals surface area contributed by atoms with E-state index in [0.717, 1.165) is 0 Å². The largest absolute Gasteiger partial charge is 0.468 e. The van der Waals surface area contributed by atoms with Gasteiger partial charge in [0.1, 0.15) is 24.2 Å². The number of methoxy groups -OCH3 is 1. The minimum atomic E-state index is -1.18. The van der Waals surface area contributed by atoms with Crippen molar-refractivity contribution in [3.05, 3.63) is 35.4 Å². The molecule has 1 aromatic rings. The van der Waals surface area contributed by atoms with Crippen LogP contribution in [0.5, 0.6) is 0 Å². The van der Waals surface area contributed by atoms with Crippen molar-refractivity contribution < 1.29 is 28.7 Å². The van der Waals surface area contributed by atoms with Crippen LogP contribution in [-0.2, 0) is 23.9 Å². The molecule has 2 atom stereocenters. The molecule has 0 bridgehead atoms. The number of nitrogens with zero attached hydrogens (tertiary/aromatic N) is 1. The Balaban J connectivity index is 3.55. The normalized spacial score (nSPS) is 13.0. The number of terminal acetylenes is 1. The minimum Gasteiger partial charge on any atom is -0.468 e. The zero-order valence-corrected chi connectivity index (χ0v) is 21.9. The van der Waals surface area contributed by atoms with Gasteiger partial charge in [-0.2, -0.15) is 0 Å². The predicted molar refractivity (Wildman–Crippen MR) is 132 cm³/mol. The van der Waals surface area contributed by atoms with Crippen LogP contribution in [0, 0.1) is 12.3 Å². The van der Waals surface area contributed by atoms with E-state index >= 15 is 0 Å². The van der Waals surface area contributed by atoms with Crippen LogP contribution in [0.15, 0.2) is 24.3 Å². The van der Waals surface area contributed by atoms with Gasteiger partial charge in [-0.1, -0.05) is 31.0 Å². The number of ether oxygens (including phenoxy) is 2. The SMILES string of the molecule is C#Cc1ccccc1C(C(=O)NCC(=O)OC)N(C(=O)C(C)NC(=O)OC(C)(C)C)C(C)(C)CC. The van der Waals surface area contributed by atoms with E-state index in [1.54, 1.807) is 45.0 Å². The second-order valence-corrected chi connectivity index (χ2v) is 9.67. The quantitative estimate of drug-likeness (QED) is 0.409. The first-order chi connectivity index (χ1) is 16.2. The first kappa shape index (κ1) is 29.5. The maximum Gasteiger partial charge on any atom is 0.408 e. The van der Waals surface area contributed by atoms with Crippen LogP contribution < -0.4 is 10.6 Å². The second-order valence-electron chi connectivity index (χ2n) is 9.67. The van der Waals surface area contributed by atoms with Gasteiger partial charge in [-0.05, 0) is 59.6 Å². The summed E-state index contributed by atoms with van der Waals surface area (Å²) in [6, 6.07) is 4.56. The van der Waals surface area contributed by atoms with Crippen molar-refractivity contribution in [3.8, 4) is 12.3 Å². The summed E-state index contributed by atoms with van der Waals surface area (Å²) in [6.07, 6.45) is 5.42. The highest BCUT2D eigenvalue weighted by atomic mass is 16.6. The van der Waals surface area contributed by atoms with Gasteiger partial charge in [0, 0.05) is 11.1 Å². The maximum absolute atomic E-state index is 13.8. The van der Waals surface area contributed by atoms with E-state index in [1.807, 2.05) is 20.8 Å². The summed E-state index contributed by atoms with van der Waals surface area (Å²) in [5.74, 6) is 0.780. The van der Waals surface area contributed by atoms with Crippen molar-refractivity contribution in [1.29, 1.82) is 0 Å². The zero-order chi connectivity index (χ0) is 27.0. The Morgan fingerprint density at radius 3 is 2.23 bits per heavy atom. The van der Waals surface area contributed by atoms with Crippen LogP contribution in [0.1, 0.15) is 72.1 Å². The minimum absolute atomic E-state index is 0.385. The van der Waals surface area contributed by atoms with Gasteiger partial charge in [0.25, 0.3) is 0 Å². The van der Waals surface area contributed by atoms with Gasteiger partial charge >= 0.3 is 12.1 Å². The molecule has 0 radical (unpaired) electrons. The van der Waals surface area contributed by atoms with E-state index < -0.39 is 47.1 Å². The van der Waals surface area contributed by atoms with Crippen molar-refractivity contribution in [1.82, 2.24) is 15.5 Å². The third-order valence-corrected chi connectivity index (χ3v) is 5.41. The highest BCUT2D eigenvalue weighted by Crippen LogP contribution is 2.33. The molecule has 0 fully saturated rings. The lowest BCUT2D eigenvalue weighted by atomic mass is 9.90. The van der Waals surface area contributed by atoms with E-state index in [2.05, 4.69) is 21.3 Å². The molecule has 1 rings (SSSR count). The van der Waals surface area contributed by atoms with E-state index in [-0.39, 0.29) is 6.54 Å². The molecule has 0 aromatic heterocycles. The molecular formula is C26H37N3O6. The molecule has 0 saturated carbocycles. The number of amides is 3. The summed E-state index contributed by atoms with van der Waals surface area (Å²) in [6.45, 7) is 11.8. The Bertz CT molecular complexity index is 974. The summed E-state index contributed by atoms with van der Waals surface area (Å²) in [5, 5.41) is 5.09. The molecule has 0 heterocycles. The third kappa shape index (κ3) is 8.32. The van der Waals surface area contributed by atoms with Gasteiger partial charge in [-0.15, -0.1) is 6.42 Å². The molecule has 2 unspecified atom stereocenters. The molecule has 0 aliphatic carbocycles. The first-order valence-corrected chi connectivity index (χ1v) is 11.4. The predicted octanol–water partition coefficient (Wildman–Crippen LogP) is 2.93. The number of benzene rings is 1. The Kier molecular flexibility index (Phi) is 10.3. The second kappa shape index (κ2) is 12.2. The van der Waals surface area contributed by atoms with Crippen molar-refractivity contribution in [3.63, 3.8) is 0 Å². The molecule has 0 aliphatic heterocycles. The van der Waals surface area contributed by atoms with Crippen molar-refractivity contribution in [2.45, 2.75) is 78.1 Å². The molecule has 2 N–H and O–H groups in total. The van der Waals surface area contributed by atoms with Crippen LogP contribution in [0.4, 0.5) is 4.79 Å². The van der Waals surface area contributed by atoms with Crippen LogP contribution in [-0.4, -0.2) is 59.6 Å². The number of rotatable bonds is 9.